The Morgan fingerprint density at radius 1 is 1.21 bits per heavy atom. The van der Waals surface area contributed by atoms with E-state index in [1.807, 2.05) is 23.1 Å². The van der Waals surface area contributed by atoms with E-state index in [4.69, 9.17) is 20.9 Å². The van der Waals surface area contributed by atoms with E-state index < -0.39 is 6.04 Å². The summed E-state index contributed by atoms with van der Waals surface area (Å²) in [6.45, 7) is 2.04. The molecule has 28 heavy (non-hydrogen) atoms. The molecule has 1 aromatic carbocycles. The number of nitrogens with zero attached hydrogens (tertiary/aromatic N) is 3. The van der Waals surface area contributed by atoms with Crippen LogP contribution in [-0.4, -0.2) is 60.1 Å². The first-order chi connectivity index (χ1) is 13.6. The van der Waals surface area contributed by atoms with Crippen molar-refractivity contribution in [3.63, 3.8) is 0 Å². The predicted molar refractivity (Wildman–Crippen MR) is 102 cm³/mol. The number of benzene rings is 1. The van der Waals surface area contributed by atoms with Crippen LogP contribution < -0.4 is 0 Å². The Bertz CT molecular complexity index is 872. The molecule has 2 heterocycles. The van der Waals surface area contributed by atoms with Crippen LogP contribution in [0.2, 0.25) is 5.02 Å². The highest BCUT2D eigenvalue weighted by Gasteiger charge is 2.35. The SMILES string of the molecule is COC(=O)C(c1ccccc1Cl)N1CCN(C(=O)c2cc(C3CC3)on2)CC1. The smallest absolute Gasteiger partial charge is 0.327 e. The highest BCUT2D eigenvalue weighted by Crippen LogP contribution is 2.40. The molecule has 8 heteroatoms. The van der Waals surface area contributed by atoms with Crippen LogP contribution in [0, 0.1) is 0 Å². The molecule has 1 atom stereocenters. The van der Waals surface area contributed by atoms with Crippen molar-refractivity contribution in [3.05, 3.63) is 52.4 Å². The summed E-state index contributed by atoms with van der Waals surface area (Å²) in [5, 5.41) is 4.46. The summed E-state index contributed by atoms with van der Waals surface area (Å²) < 4.78 is 10.3. The normalized spacial score (nSPS) is 18.7. The van der Waals surface area contributed by atoms with Gasteiger partial charge in [-0.2, -0.15) is 0 Å². The summed E-state index contributed by atoms with van der Waals surface area (Å²) in [7, 11) is 1.37. The minimum Gasteiger partial charge on any atom is -0.468 e. The summed E-state index contributed by atoms with van der Waals surface area (Å²) >= 11 is 6.31. The van der Waals surface area contributed by atoms with Gasteiger partial charge in [0.2, 0.25) is 0 Å². The number of methoxy groups -OCH3 is 1. The van der Waals surface area contributed by atoms with E-state index in [9.17, 15) is 9.59 Å². The van der Waals surface area contributed by atoms with Crippen molar-refractivity contribution < 1.29 is 18.8 Å². The molecule has 7 nitrogen and oxygen atoms in total. The molecule has 0 radical (unpaired) electrons. The van der Waals surface area contributed by atoms with Gasteiger partial charge >= 0.3 is 5.97 Å². The molecule has 1 aliphatic heterocycles. The Morgan fingerprint density at radius 3 is 2.57 bits per heavy atom. The Balaban J connectivity index is 1.44. The molecule has 1 amide bonds. The van der Waals surface area contributed by atoms with Gasteiger partial charge < -0.3 is 14.2 Å². The molecule has 4 rings (SSSR count). The van der Waals surface area contributed by atoms with Crippen LogP contribution in [0.5, 0.6) is 0 Å². The van der Waals surface area contributed by atoms with Crippen LogP contribution in [0.3, 0.4) is 0 Å². The monoisotopic (exact) mass is 403 g/mol. The molecule has 1 saturated heterocycles. The van der Waals surface area contributed by atoms with Gasteiger partial charge in [0.15, 0.2) is 5.69 Å². The van der Waals surface area contributed by atoms with Crippen LogP contribution in [0.1, 0.15) is 46.6 Å². The number of amides is 1. The van der Waals surface area contributed by atoms with Gasteiger partial charge in [-0.05, 0) is 24.5 Å². The topological polar surface area (TPSA) is 75.9 Å². The summed E-state index contributed by atoms with van der Waals surface area (Å²) in [6.07, 6.45) is 2.19. The van der Waals surface area contributed by atoms with Gasteiger partial charge in [-0.15, -0.1) is 0 Å². The third-order valence-electron chi connectivity index (χ3n) is 5.32. The van der Waals surface area contributed by atoms with Gasteiger partial charge in [0.1, 0.15) is 11.8 Å². The van der Waals surface area contributed by atoms with E-state index in [1.165, 1.54) is 7.11 Å². The van der Waals surface area contributed by atoms with Crippen molar-refractivity contribution >= 4 is 23.5 Å². The molecule has 2 fully saturated rings. The molecule has 1 aromatic heterocycles. The largest absolute Gasteiger partial charge is 0.468 e. The molecule has 1 unspecified atom stereocenters. The van der Waals surface area contributed by atoms with Gasteiger partial charge in [-0.1, -0.05) is 35.0 Å². The van der Waals surface area contributed by atoms with Crippen molar-refractivity contribution in [2.24, 2.45) is 0 Å². The first-order valence-electron chi connectivity index (χ1n) is 9.40. The zero-order valence-electron chi connectivity index (χ0n) is 15.6. The molecule has 0 bridgehead atoms. The average Bonchev–Trinajstić information content (AvgIpc) is 3.46. The van der Waals surface area contributed by atoms with Crippen molar-refractivity contribution in [1.29, 1.82) is 0 Å². The maximum absolute atomic E-state index is 12.7. The van der Waals surface area contributed by atoms with E-state index >= 15 is 0 Å². The Kier molecular flexibility index (Phi) is 5.37. The zero-order valence-corrected chi connectivity index (χ0v) is 16.4. The van der Waals surface area contributed by atoms with Crippen LogP contribution in [0.25, 0.3) is 0 Å². The van der Waals surface area contributed by atoms with Gasteiger partial charge in [0.05, 0.1) is 7.11 Å². The van der Waals surface area contributed by atoms with Crippen LogP contribution in [0.15, 0.2) is 34.9 Å². The van der Waals surface area contributed by atoms with Crippen molar-refractivity contribution in [2.45, 2.75) is 24.8 Å². The van der Waals surface area contributed by atoms with E-state index in [0.717, 1.165) is 18.6 Å². The molecule has 148 valence electrons. The molecular weight excluding hydrogens is 382 g/mol. The standard InChI is InChI=1S/C20H22ClN3O4/c1-27-20(26)18(14-4-2-3-5-15(14)21)23-8-10-24(11-9-23)19(25)16-12-17(28-22-16)13-6-7-13/h2-5,12-13,18H,6-11H2,1H3. The number of hydrogen-bond acceptors (Lipinski definition) is 6. The van der Waals surface area contributed by atoms with E-state index in [2.05, 4.69) is 5.16 Å². The van der Waals surface area contributed by atoms with Gasteiger partial charge in [0.25, 0.3) is 5.91 Å². The van der Waals surface area contributed by atoms with Crippen molar-refractivity contribution in [2.75, 3.05) is 33.3 Å². The molecule has 2 aliphatic rings. The highest BCUT2D eigenvalue weighted by molar-refractivity contribution is 6.31. The minimum absolute atomic E-state index is 0.136. The van der Waals surface area contributed by atoms with Crippen LogP contribution in [0.4, 0.5) is 0 Å². The highest BCUT2D eigenvalue weighted by atomic mass is 35.5. The maximum atomic E-state index is 12.7. The minimum atomic E-state index is -0.593. The second-order valence-corrected chi connectivity index (χ2v) is 7.57. The summed E-state index contributed by atoms with van der Waals surface area (Å²) in [4.78, 5) is 28.9. The van der Waals surface area contributed by atoms with Crippen LogP contribution >= 0.6 is 11.6 Å². The maximum Gasteiger partial charge on any atom is 0.327 e. The number of rotatable bonds is 5. The lowest BCUT2D eigenvalue weighted by Gasteiger charge is -2.38. The second kappa shape index (κ2) is 7.93. The number of aromatic nitrogens is 1. The lowest BCUT2D eigenvalue weighted by Crippen LogP contribution is -2.51. The van der Waals surface area contributed by atoms with Crippen LogP contribution in [-0.2, 0) is 9.53 Å². The molecule has 1 saturated carbocycles. The first-order valence-corrected chi connectivity index (χ1v) is 9.78. The number of carbonyl (C=O) groups is 2. The molecule has 0 spiro atoms. The number of halogens is 1. The van der Waals surface area contributed by atoms with E-state index in [-0.39, 0.29) is 11.9 Å². The summed E-state index contributed by atoms with van der Waals surface area (Å²) in [5.41, 5.74) is 1.06. The fraction of sp³-hybridized carbons (Fsp3) is 0.450. The fourth-order valence-electron chi connectivity index (χ4n) is 3.58. The fourth-order valence-corrected chi connectivity index (χ4v) is 3.82. The second-order valence-electron chi connectivity index (χ2n) is 7.16. The number of esters is 1. The first kappa shape index (κ1) is 19.0. The number of piperazine rings is 1. The van der Waals surface area contributed by atoms with Gasteiger partial charge in [-0.3, -0.25) is 9.69 Å². The number of carbonyl (C=O) groups excluding carboxylic acids is 2. The molecular formula is C20H22ClN3O4. The third kappa shape index (κ3) is 3.77. The lowest BCUT2D eigenvalue weighted by atomic mass is 10.0. The molecule has 2 aromatic rings. The van der Waals surface area contributed by atoms with Crippen molar-refractivity contribution in [3.8, 4) is 0 Å². The quantitative estimate of drug-likeness (QED) is 0.714. The summed E-state index contributed by atoms with van der Waals surface area (Å²) in [6, 6.07) is 8.42. The average molecular weight is 404 g/mol. The molecule has 0 N–H and O–H groups in total. The Morgan fingerprint density at radius 2 is 1.93 bits per heavy atom. The lowest BCUT2D eigenvalue weighted by molar-refractivity contribution is -0.148. The zero-order chi connectivity index (χ0) is 19.7. The van der Waals surface area contributed by atoms with Gasteiger partial charge in [-0.25, -0.2) is 4.79 Å². The number of ether oxygens (including phenoxy) is 1. The number of hydrogen-bond donors (Lipinski definition) is 0. The van der Waals surface area contributed by atoms with E-state index in [0.29, 0.717) is 48.4 Å². The van der Waals surface area contributed by atoms with Gasteiger partial charge in [0, 0.05) is 43.2 Å². The summed E-state index contributed by atoms with van der Waals surface area (Å²) in [5.74, 6) is 0.718. The molecule has 1 aliphatic carbocycles. The Labute approximate surface area is 168 Å². The van der Waals surface area contributed by atoms with Crippen molar-refractivity contribution in [1.82, 2.24) is 15.0 Å². The van der Waals surface area contributed by atoms with E-state index in [1.54, 1.807) is 17.0 Å². The Hall–Kier alpha value is -2.38. The third-order valence-corrected chi connectivity index (χ3v) is 5.66. The predicted octanol–water partition coefficient (Wildman–Crippen LogP) is 2.88.